The lowest BCUT2D eigenvalue weighted by atomic mass is 9.84. The quantitative estimate of drug-likeness (QED) is 0.497. The summed E-state index contributed by atoms with van der Waals surface area (Å²) < 4.78 is 0. The average molecular weight is 196 g/mol. The van der Waals surface area contributed by atoms with E-state index < -0.39 is 0 Å². The molecule has 0 aromatic rings. The fourth-order valence-electron chi connectivity index (χ4n) is 2.81. The molecule has 0 spiro atoms. The Morgan fingerprint density at radius 2 is 2.07 bits per heavy atom. The number of hydrogen-bond acceptors (Lipinski definition) is 3. The van der Waals surface area contributed by atoms with Crippen LogP contribution in [-0.2, 0) is 4.84 Å². The Balaban J connectivity index is 1.97. The molecule has 0 N–H and O–H groups in total. The van der Waals surface area contributed by atoms with E-state index in [1.165, 1.54) is 45.2 Å². The number of rotatable bonds is 2. The lowest BCUT2D eigenvalue weighted by Crippen LogP contribution is -2.48. The molecule has 2 heterocycles. The summed E-state index contributed by atoms with van der Waals surface area (Å²) in [6, 6.07) is 0.747. The van der Waals surface area contributed by atoms with Crippen molar-refractivity contribution in [1.29, 1.82) is 0 Å². The number of nitrogens with zero attached hydrogens (tertiary/aromatic N) is 2. The molecule has 80 valence electrons. The van der Waals surface area contributed by atoms with Gasteiger partial charge in [0.1, 0.15) is 7.11 Å². The molecule has 0 aromatic carbocycles. The summed E-state index contributed by atoms with van der Waals surface area (Å²) in [6.45, 7) is 2.59. The highest BCUT2D eigenvalue weighted by Gasteiger charge is 2.31. The number of piperidine rings is 2. The van der Waals surface area contributed by atoms with Crippen LogP contribution in [0, 0.1) is 5.92 Å². The molecule has 14 heavy (non-hydrogen) atoms. The van der Waals surface area contributed by atoms with Gasteiger partial charge in [-0.3, -0.25) is 4.90 Å². The summed E-state index contributed by atoms with van der Waals surface area (Å²) in [4.78, 5) is 7.41. The summed E-state index contributed by atoms with van der Waals surface area (Å²) >= 11 is 0. The van der Waals surface area contributed by atoms with E-state index in [1.807, 2.05) is 6.21 Å². The van der Waals surface area contributed by atoms with E-state index in [1.54, 1.807) is 7.11 Å². The molecule has 0 unspecified atom stereocenters. The van der Waals surface area contributed by atoms with Crippen LogP contribution in [0.3, 0.4) is 0 Å². The minimum atomic E-state index is 0.629. The smallest absolute Gasteiger partial charge is 0.106 e. The minimum absolute atomic E-state index is 0.629. The summed E-state index contributed by atoms with van der Waals surface area (Å²) in [5.74, 6) is 0.629. The van der Waals surface area contributed by atoms with Crippen LogP contribution in [0.15, 0.2) is 5.16 Å². The third-order valence-corrected chi connectivity index (χ3v) is 3.50. The van der Waals surface area contributed by atoms with Crippen molar-refractivity contribution in [2.24, 2.45) is 11.1 Å². The maximum absolute atomic E-state index is 4.78. The molecule has 0 aliphatic carbocycles. The van der Waals surface area contributed by atoms with E-state index in [4.69, 9.17) is 4.84 Å². The largest absolute Gasteiger partial charge is 0.399 e. The maximum atomic E-state index is 4.78. The van der Waals surface area contributed by atoms with Crippen molar-refractivity contribution in [2.45, 2.75) is 38.1 Å². The molecule has 0 bridgehead atoms. The van der Waals surface area contributed by atoms with Crippen molar-refractivity contribution in [3.05, 3.63) is 0 Å². The van der Waals surface area contributed by atoms with E-state index in [0.717, 1.165) is 6.04 Å². The molecule has 3 nitrogen and oxygen atoms in total. The lowest BCUT2D eigenvalue weighted by Gasteiger charge is -2.42. The van der Waals surface area contributed by atoms with E-state index in [9.17, 15) is 0 Å². The molecule has 3 heteroatoms. The molecule has 2 saturated heterocycles. The predicted octanol–water partition coefficient (Wildman–Crippen LogP) is 1.88. The second-order valence-corrected chi connectivity index (χ2v) is 4.34. The fraction of sp³-hybridized carbons (Fsp3) is 0.909. The first-order valence-corrected chi connectivity index (χ1v) is 5.72. The molecule has 0 saturated carbocycles. The van der Waals surface area contributed by atoms with Gasteiger partial charge in [0, 0.05) is 18.2 Å². The zero-order valence-corrected chi connectivity index (χ0v) is 8.98. The van der Waals surface area contributed by atoms with Gasteiger partial charge in [0.2, 0.25) is 0 Å². The first-order chi connectivity index (χ1) is 6.92. The van der Waals surface area contributed by atoms with E-state index in [0.29, 0.717) is 5.92 Å². The van der Waals surface area contributed by atoms with Crippen LogP contribution in [-0.4, -0.2) is 37.4 Å². The van der Waals surface area contributed by atoms with Crippen molar-refractivity contribution in [3.63, 3.8) is 0 Å². The molecule has 0 amide bonds. The summed E-state index contributed by atoms with van der Waals surface area (Å²) in [5.41, 5.74) is 0. The van der Waals surface area contributed by atoms with Gasteiger partial charge in [0.15, 0.2) is 0 Å². The van der Waals surface area contributed by atoms with Gasteiger partial charge < -0.3 is 4.84 Å². The monoisotopic (exact) mass is 196 g/mol. The zero-order chi connectivity index (χ0) is 9.80. The van der Waals surface area contributed by atoms with Crippen molar-refractivity contribution in [3.8, 4) is 0 Å². The van der Waals surface area contributed by atoms with Crippen LogP contribution in [0.4, 0.5) is 0 Å². The highest BCUT2D eigenvalue weighted by Crippen LogP contribution is 2.29. The van der Waals surface area contributed by atoms with Crippen molar-refractivity contribution in [1.82, 2.24) is 4.90 Å². The Labute approximate surface area is 86.1 Å². The van der Waals surface area contributed by atoms with E-state index >= 15 is 0 Å². The van der Waals surface area contributed by atoms with Crippen LogP contribution < -0.4 is 0 Å². The molecule has 2 aliphatic rings. The van der Waals surface area contributed by atoms with Crippen molar-refractivity contribution < 1.29 is 4.84 Å². The highest BCUT2D eigenvalue weighted by atomic mass is 16.6. The molecule has 0 radical (unpaired) electrons. The van der Waals surface area contributed by atoms with Crippen molar-refractivity contribution in [2.75, 3.05) is 20.2 Å². The Morgan fingerprint density at radius 1 is 1.21 bits per heavy atom. The third-order valence-electron chi connectivity index (χ3n) is 3.50. The van der Waals surface area contributed by atoms with Gasteiger partial charge in [-0.25, -0.2) is 0 Å². The van der Waals surface area contributed by atoms with Crippen LogP contribution in [0.2, 0.25) is 0 Å². The second kappa shape index (κ2) is 4.78. The Morgan fingerprint density at radius 3 is 2.93 bits per heavy atom. The fourth-order valence-corrected chi connectivity index (χ4v) is 2.81. The Bertz CT molecular complexity index is 203. The minimum Gasteiger partial charge on any atom is -0.399 e. The first-order valence-electron chi connectivity index (χ1n) is 5.72. The van der Waals surface area contributed by atoms with E-state index in [2.05, 4.69) is 10.1 Å². The zero-order valence-electron chi connectivity index (χ0n) is 8.98. The lowest BCUT2D eigenvalue weighted by molar-refractivity contribution is 0.0851. The Kier molecular flexibility index (Phi) is 3.40. The number of fused-ring (bicyclic) bond motifs is 1. The third kappa shape index (κ3) is 2.08. The predicted molar refractivity (Wildman–Crippen MR) is 57.4 cm³/mol. The summed E-state index contributed by atoms with van der Waals surface area (Å²) in [7, 11) is 1.62. The molecule has 2 atom stereocenters. The maximum Gasteiger partial charge on any atom is 0.106 e. The van der Waals surface area contributed by atoms with Crippen LogP contribution in [0.25, 0.3) is 0 Å². The summed E-state index contributed by atoms with van der Waals surface area (Å²) in [5, 5.41) is 3.93. The van der Waals surface area contributed by atoms with Crippen LogP contribution in [0.1, 0.15) is 32.1 Å². The van der Waals surface area contributed by atoms with Gasteiger partial charge in [0.25, 0.3) is 0 Å². The Hall–Kier alpha value is -0.570. The molecule has 2 rings (SSSR count). The second-order valence-electron chi connectivity index (χ2n) is 4.34. The van der Waals surface area contributed by atoms with Gasteiger partial charge in [-0.05, 0) is 38.8 Å². The van der Waals surface area contributed by atoms with Gasteiger partial charge in [0.05, 0.1) is 0 Å². The molecule has 2 fully saturated rings. The highest BCUT2D eigenvalue weighted by molar-refractivity contribution is 5.61. The molecular formula is C11H20N2O. The van der Waals surface area contributed by atoms with Gasteiger partial charge in [-0.15, -0.1) is 0 Å². The first kappa shape index (κ1) is 9.97. The van der Waals surface area contributed by atoms with Gasteiger partial charge >= 0.3 is 0 Å². The van der Waals surface area contributed by atoms with Gasteiger partial charge in [-0.2, -0.15) is 0 Å². The molecule has 2 aliphatic heterocycles. The number of hydrogen-bond donors (Lipinski definition) is 0. The normalized spacial score (nSPS) is 34.4. The van der Waals surface area contributed by atoms with Gasteiger partial charge in [-0.1, -0.05) is 11.6 Å². The standard InChI is InChI=1S/C11H20N2O/c1-14-12-9-10-5-4-8-13-7-3-2-6-11(10)13/h9-11H,2-8H2,1H3/b12-9+/t10-,11+/m0/s1. The number of oxime groups is 1. The summed E-state index contributed by atoms with van der Waals surface area (Å²) in [6.07, 6.45) is 8.73. The van der Waals surface area contributed by atoms with Crippen LogP contribution >= 0.6 is 0 Å². The molecular weight excluding hydrogens is 176 g/mol. The van der Waals surface area contributed by atoms with E-state index in [-0.39, 0.29) is 0 Å². The van der Waals surface area contributed by atoms with Crippen molar-refractivity contribution >= 4 is 6.21 Å². The topological polar surface area (TPSA) is 24.8 Å². The molecule has 0 aromatic heterocycles. The average Bonchev–Trinajstić information content (AvgIpc) is 2.26. The van der Waals surface area contributed by atoms with Crippen LogP contribution in [0.5, 0.6) is 0 Å². The SMILES string of the molecule is CO/N=C/[C@@H]1CCCN2CCCC[C@H]12.